The van der Waals surface area contributed by atoms with Crippen LogP contribution in [0, 0.1) is 13.8 Å². The lowest BCUT2D eigenvalue weighted by Crippen LogP contribution is -2.09. The van der Waals surface area contributed by atoms with E-state index in [1.807, 2.05) is 19.9 Å². The monoisotopic (exact) mass is 213 g/mol. The van der Waals surface area contributed by atoms with E-state index in [9.17, 15) is 4.21 Å². The maximum Gasteiger partial charge on any atom is 0.218 e. The average molecular weight is 213 g/mol. The van der Waals surface area contributed by atoms with Crippen molar-refractivity contribution in [2.24, 2.45) is 5.73 Å². The van der Waals surface area contributed by atoms with Crippen molar-refractivity contribution >= 4 is 10.8 Å². The Kier molecular flexibility index (Phi) is 4.16. The Morgan fingerprint density at radius 2 is 1.93 bits per heavy atom. The van der Waals surface area contributed by atoms with Crippen molar-refractivity contribution in [3.63, 3.8) is 0 Å². The standard InChI is InChI=1S/C9H15N3OS/c1-7-6-8(2)12-9(11-7)14(13)5-3-4-10/h6H,3-5,10H2,1-2H3. The topological polar surface area (TPSA) is 68.9 Å². The Morgan fingerprint density at radius 1 is 1.36 bits per heavy atom. The van der Waals surface area contributed by atoms with Crippen LogP contribution in [0.2, 0.25) is 0 Å². The van der Waals surface area contributed by atoms with Crippen LogP contribution in [0.15, 0.2) is 11.2 Å². The van der Waals surface area contributed by atoms with Gasteiger partial charge in [-0.05, 0) is 32.9 Å². The van der Waals surface area contributed by atoms with Crippen molar-refractivity contribution < 1.29 is 4.21 Å². The maximum absolute atomic E-state index is 11.6. The van der Waals surface area contributed by atoms with Crippen molar-refractivity contribution in [1.29, 1.82) is 0 Å². The lowest BCUT2D eigenvalue weighted by Gasteiger charge is -2.02. The lowest BCUT2D eigenvalue weighted by atomic mass is 10.4. The number of nitrogens with two attached hydrogens (primary N) is 1. The minimum Gasteiger partial charge on any atom is -0.330 e. The molecule has 1 heterocycles. The van der Waals surface area contributed by atoms with E-state index in [1.54, 1.807) is 0 Å². The third-order valence-corrected chi connectivity index (χ3v) is 2.95. The van der Waals surface area contributed by atoms with Crippen molar-refractivity contribution in [2.45, 2.75) is 25.4 Å². The molecule has 0 saturated carbocycles. The van der Waals surface area contributed by atoms with Crippen LogP contribution in [0.3, 0.4) is 0 Å². The lowest BCUT2D eigenvalue weighted by molar-refractivity contribution is 0.671. The molecule has 1 aromatic heterocycles. The fourth-order valence-corrected chi connectivity index (χ4v) is 2.20. The van der Waals surface area contributed by atoms with Crippen LogP contribution in [0.1, 0.15) is 17.8 Å². The number of hydrogen-bond acceptors (Lipinski definition) is 4. The minimum atomic E-state index is -1.11. The zero-order valence-corrected chi connectivity index (χ0v) is 9.30. The Labute approximate surface area is 86.4 Å². The van der Waals surface area contributed by atoms with Crippen LogP contribution in [0.4, 0.5) is 0 Å². The van der Waals surface area contributed by atoms with Crippen molar-refractivity contribution in [3.8, 4) is 0 Å². The number of aryl methyl sites for hydroxylation is 2. The van der Waals surface area contributed by atoms with Crippen LogP contribution < -0.4 is 5.73 Å². The summed E-state index contributed by atoms with van der Waals surface area (Å²) in [7, 11) is -1.11. The van der Waals surface area contributed by atoms with Crippen molar-refractivity contribution in [3.05, 3.63) is 17.5 Å². The number of nitrogens with zero attached hydrogens (tertiary/aromatic N) is 2. The smallest absolute Gasteiger partial charge is 0.218 e. The van der Waals surface area contributed by atoms with Crippen LogP contribution in [0.5, 0.6) is 0 Å². The van der Waals surface area contributed by atoms with Crippen molar-refractivity contribution in [1.82, 2.24) is 9.97 Å². The highest BCUT2D eigenvalue weighted by atomic mass is 32.2. The largest absolute Gasteiger partial charge is 0.330 e. The number of hydrogen-bond donors (Lipinski definition) is 1. The first kappa shape index (κ1) is 11.3. The first-order valence-electron chi connectivity index (χ1n) is 4.54. The van der Waals surface area contributed by atoms with Crippen LogP contribution in [0.25, 0.3) is 0 Å². The summed E-state index contributed by atoms with van der Waals surface area (Å²) in [6.07, 6.45) is 0.739. The van der Waals surface area contributed by atoms with Crippen molar-refractivity contribution in [2.75, 3.05) is 12.3 Å². The summed E-state index contributed by atoms with van der Waals surface area (Å²) in [4.78, 5) is 8.27. The highest BCUT2D eigenvalue weighted by Gasteiger charge is 2.07. The number of aromatic nitrogens is 2. The molecule has 1 rings (SSSR count). The van der Waals surface area contributed by atoms with E-state index in [0.29, 0.717) is 17.5 Å². The molecule has 0 aliphatic rings. The molecule has 1 aromatic rings. The van der Waals surface area contributed by atoms with E-state index in [1.165, 1.54) is 0 Å². The third kappa shape index (κ3) is 3.16. The molecule has 1 unspecified atom stereocenters. The Hall–Kier alpha value is -0.810. The van der Waals surface area contributed by atoms with E-state index in [0.717, 1.165) is 17.8 Å². The summed E-state index contributed by atoms with van der Waals surface area (Å²) >= 11 is 0. The Bertz CT molecular complexity index is 321. The number of rotatable bonds is 4. The van der Waals surface area contributed by atoms with Gasteiger partial charge in [0.05, 0.1) is 10.8 Å². The quantitative estimate of drug-likeness (QED) is 0.742. The molecular weight excluding hydrogens is 198 g/mol. The van der Waals surface area contributed by atoms with Gasteiger partial charge in [-0.2, -0.15) is 0 Å². The molecule has 0 aliphatic heterocycles. The summed E-state index contributed by atoms with van der Waals surface area (Å²) < 4.78 is 11.6. The minimum absolute atomic E-state index is 0.427. The fourth-order valence-electron chi connectivity index (χ4n) is 1.10. The predicted octanol–water partition coefficient (Wildman–Crippen LogP) is 0.550. The zero-order chi connectivity index (χ0) is 10.6. The SMILES string of the molecule is Cc1cc(C)nc(S(=O)CCCN)n1. The first-order chi connectivity index (χ1) is 6.63. The second kappa shape index (κ2) is 5.17. The molecule has 0 aliphatic carbocycles. The van der Waals surface area contributed by atoms with Gasteiger partial charge in [0.25, 0.3) is 0 Å². The molecule has 1 atom stereocenters. The summed E-state index contributed by atoms with van der Waals surface area (Å²) in [5.74, 6) is 0.541. The molecule has 14 heavy (non-hydrogen) atoms. The Balaban J connectivity index is 2.79. The summed E-state index contributed by atoms with van der Waals surface area (Å²) in [5, 5.41) is 0.427. The third-order valence-electron chi connectivity index (χ3n) is 1.70. The van der Waals surface area contributed by atoms with Gasteiger partial charge >= 0.3 is 0 Å². The molecule has 0 aromatic carbocycles. The summed E-state index contributed by atoms with van der Waals surface area (Å²) in [6.45, 7) is 4.30. The first-order valence-corrected chi connectivity index (χ1v) is 5.86. The van der Waals surface area contributed by atoms with Gasteiger partial charge in [-0.1, -0.05) is 0 Å². The molecule has 2 N–H and O–H groups in total. The molecular formula is C9H15N3OS. The molecule has 0 amide bonds. The molecule has 78 valence electrons. The molecule has 0 spiro atoms. The summed E-state index contributed by atoms with van der Waals surface area (Å²) in [6, 6.07) is 1.86. The van der Waals surface area contributed by atoms with Crippen LogP contribution in [-0.4, -0.2) is 26.5 Å². The average Bonchev–Trinajstić information content (AvgIpc) is 2.12. The molecule has 5 heteroatoms. The van der Waals surface area contributed by atoms with Gasteiger partial charge < -0.3 is 5.73 Å². The zero-order valence-electron chi connectivity index (χ0n) is 8.49. The van der Waals surface area contributed by atoms with Gasteiger partial charge in [0, 0.05) is 17.1 Å². The maximum atomic E-state index is 11.6. The molecule has 0 fully saturated rings. The van der Waals surface area contributed by atoms with E-state index in [-0.39, 0.29) is 0 Å². The summed E-state index contributed by atoms with van der Waals surface area (Å²) in [5.41, 5.74) is 7.05. The predicted molar refractivity (Wildman–Crippen MR) is 56.5 cm³/mol. The normalized spacial score (nSPS) is 12.8. The molecule has 0 radical (unpaired) electrons. The van der Waals surface area contributed by atoms with Gasteiger partial charge in [0.1, 0.15) is 0 Å². The fraction of sp³-hybridized carbons (Fsp3) is 0.556. The van der Waals surface area contributed by atoms with E-state index in [2.05, 4.69) is 9.97 Å². The van der Waals surface area contributed by atoms with Gasteiger partial charge in [-0.15, -0.1) is 0 Å². The van der Waals surface area contributed by atoms with Gasteiger partial charge in [0.15, 0.2) is 0 Å². The van der Waals surface area contributed by atoms with E-state index >= 15 is 0 Å². The highest BCUT2D eigenvalue weighted by molar-refractivity contribution is 7.84. The molecule has 0 bridgehead atoms. The van der Waals surface area contributed by atoms with E-state index < -0.39 is 10.8 Å². The van der Waals surface area contributed by atoms with Gasteiger partial charge in [-0.25, -0.2) is 9.97 Å². The van der Waals surface area contributed by atoms with Gasteiger partial charge in [-0.3, -0.25) is 4.21 Å². The van der Waals surface area contributed by atoms with E-state index in [4.69, 9.17) is 5.73 Å². The second-order valence-corrected chi connectivity index (χ2v) is 4.59. The van der Waals surface area contributed by atoms with Gasteiger partial charge in [0.2, 0.25) is 5.16 Å². The van der Waals surface area contributed by atoms with Crippen LogP contribution in [-0.2, 0) is 10.8 Å². The second-order valence-electron chi connectivity index (χ2n) is 3.13. The molecule has 4 nitrogen and oxygen atoms in total. The Morgan fingerprint density at radius 3 is 2.43 bits per heavy atom. The van der Waals surface area contributed by atoms with Crippen LogP contribution >= 0.6 is 0 Å². The molecule has 0 saturated heterocycles. The highest BCUT2D eigenvalue weighted by Crippen LogP contribution is 2.04.